The molecule has 2 amide bonds. The van der Waals surface area contributed by atoms with Crippen LogP contribution in [0, 0.1) is 0 Å². The Bertz CT molecular complexity index is 1180. The number of benzene rings is 2. The van der Waals surface area contributed by atoms with Crippen molar-refractivity contribution >= 4 is 17.5 Å². The minimum atomic E-state index is -4.77. The van der Waals surface area contributed by atoms with Crippen LogP contribution in [0.3, 0.4) is 0 Å². The number of ether oxygens (including phenoxy) is 3. The third kappa shape index (κ3) is 6.06. The minimum absolute atomic E-state index is 0.342. The van der Waals surface area contributed by atoms with Crippen LogP contribution in [0.2, 0.25) is 0 Å². The highest BCUT2D eigenvalue weighted by Gasteiger charge is 2.31. The third-order valence-electron chi connectivity index (χ3n) is 5.56. The van der Waals surface area contributed by atoms with E-state index in [2.05, 4.69) is 20.3 Å². The Hall–Kier alpha value is -4.22. The fraction of sp³-hybridized carbons (Fsp3) is 0.292. The van der Waals surface area contributed by atoms with Gasteiger partial charge in [-0.1, -0.05) is 0 Å². The number of carbonyl (C=O) groups excluding carboxylic acids is 1. The number of amides is 2. The first-order valence-electron chi connectivity index (χ1n) is 11.0. The molecule has 3 aromatic rings. The van der Waals surface area contributed by atoms with E-state index < -0.39 is 6.36 Å². The van der Waals surface area contributed by atoms with Crippen LogP contribution >= 0.6 is 0 Å². The van der Waals surface area contributed by atoms with Gasteiger partial charge < -0.3 is 29.3 Å². The summed E-state index contributed by atoms with van der Waals surface area (Å²) in [6, 6.07) is 13.8. The fourth-order valence-corrected chi connectivity index (χ4v) is 3.73. The number of methoxy groups -OCH3 is 2. The lowest BCUT2D eigenvalue weighted by atomic mass is 10.1. The van der Waals surface area contributed by atoms with Gasteiger partial charge >= 0.3 is 12.4 Å². The molecule has 0 saturated carbocycles. The molecule has 1 aliphatic heterocycles. The van der Waals surface area contributed by atoms with Gasteiger partial charge in [-0.25, -0.2) is 4.79 Å². The molecular weight excluding hydrogens is 479 g/mol. The smallest absolute Gasteiger partial charge is 0.497 e. The van der Waals surface area contributed by atoms with Crippen LogP contribution in [-0.4, -0.2) is 67.9 Å². The van der Waals surface area contributed by atoms with Gasteiger partial charge in [0.1, 0.15) is 17.2 Å². The van der Waals surface area contributed by atoms with E-state index in [1.54, 1.807) is 31.3 Å². The Kier molecular flexibility index (Phi) is 7.32. The van der Waals surface area contributed by atoms with Crippen molar-refractivity contribution in [2.75, 3.05) is 50.6 Å². The van der Waals surface area contributed by atoms with E-state index in [9.17, 15) is 18.0 Å². The summed E-state index contributed by atoms with van der Waals surface area (Å²) in [4.78, 5) is 16.2. The zero-order chi connectivity index (χ0) is 25.7. The molecule has 190 valence electrons. The molecule has 1 fully saturated rings. The zero-order valence-corrected chi connectivity index (χ0v) is 19.6. The first kappa shape index (κ1) is 24.9. The normalized spacial score (nSPS) is 13.8. The number of nitrogens with zero attached hydrogens (tertiary/aromatic N) is 4. The maximum absolute atomic E-state index is 12.6. The number of aromatic nitrogens is 2. The van der Waals surface area contributed by atoms with E-state index >= 15 is 0 Å². The van der Waals surface area contributed by atoms with Gasteiger partial charge in [0.15, 0.2) is 5.82 Å². The summed E-state index contributed by atoms with van der Waals surface area (Å²) >= 11 is 0. The van der Waals surface area contributed by atoms with Crippen LogP contribution in [0.15, 0.2) is 54.6 Å². The van der Waals surface area contributed by atoms with Crippen molar-refractivity contribution in [3.8, 4) is 28.5 Å². The molecule has 2 aromatic carbocycles. The SMILES string of the molecule is COc1ccc(OC)c(-c2ccc(N3CCN(C(=O)Nc4ccc(OC(F)(F)F)cc4)CC3)nn2)c1. The van der Waals surface area contributed by atoms with Gasteiger partial charge in [0.2, 0.25) is 0 Å². The lowest BCUT2D eigenvalue weighted by molar-refractivity contribution is -0.274. The molecule has 0 radical (unpaired) electrons. The van der Waals surface area contributed by atoms with E-state index in [-0.39, 0.29) is 11.8 Å². The number of hydrogen-bond acceptors (Lipinski definition) is 7. The van der Waals surface area contributed by atoms with E-state index in [4.69, 9.17) is 9.47 Å². The Morgan fingerprint density at radius 2 is 1.58 bits per heavy atom. The second-order valence-electron chi connectivity index (χ2n) is 7.82. The van der Waals surface area contributed by atoms with Crippen LogP contribution < -0.4 is 24.4 Å². The molecule has 12 heteroatoms. The first-order valence-corrected chi connectivity index (χ1v) is 11.0. The van der Waals surface area contributed by atoms with Gasteiger partial charge in [0.25, 0.3) is 0 Å². The van der Waals surface area contributed by atoms with Gasteiger partial charge in [-0.15, -0.1) is 23.4 Å². The van der Waals surface area contributed by atoms with Crippen molar-refractivity contribution in [2.45, 2.75) is 6.36 Å². The number of halogens is 3. The molecule has 0 unspecified atom stereocenters. The minimum Gasteiger partial charge on any atom is -0.497 e. The van der Waals surface area contributed by atoms with Gasteiger partial charge in [-0.3, -0.25) is 0 Å². The van der Waals surface area contributed by atoms with Crippen LogP contribution in [0.25, 0.3) is 11.3 Å². The second-order valence-corrected chi connectivity index (χ2v) is 7.82. The molecule has 1 aliphatic rings. The topological polar surface area (TPSA) is 89.1 Å². The fourth-order valence-electron chi connectivity index (χ4n) is 3.73. The average molecular weight is 503 g/mol. The lowest BCUT2D eigenvalue weighted by Crippen LogP contribution is -2.50. The van der Waals surface area contributed by atoms with Crippen molar-refractivity contribution in [1.82, 2.24) is 15.1 Å². The first-order chi connectivity index (χ1) is 17.3. The Morgan fingerprint density at radius 1 is 0.889 bits per heavy atom. The summed E-state index contributed by atoms with van der Waals surface area (Å²) in [7, 11) is 3.17. The summed E-state index contributed by atoms with van der Waals surface area (Å²) in [6.45, 7) is 1.97. The number of anilines is 2. The molecule has 1 aromatic heterocycles. The molecule has 1 N–H and O–H groups in total. The number of urea groups is 1. The van der Waals surface area contributed by atoms with E-state index in [0.29, 0.717) is 54.9 Å². The Labute approximate surface area is 205 Å². The number of piperazine rings is 1. The highest BCUT2D eigenvalue weighted by atomic mass is 19.4. The maximum atomic E-state index is 12.6. The van der Waals surface area contributed by atoms with E-state index in [1.807, 2.05) is 23.1 Å². The summed E-state index contributed by atoms with van der Waals surface area (Å²) in [5.41, 5.74) is 1.76. The Morgan fingerprint density at radius 3 is 2.17 bits per heavy atom. The highest BCUT2D eigenvalue weighted by Crippen LogP contribution is 2.32. The molecule has 0 spiro atoms. The molecule has 0 atom stereocenters. The third-order valence-corrected chi connectivity index (χ3v) is 5.56. The molecule has 2 heterocycles. The zero-order valence-electron chi connectivity index (χ0n) is 19.6. The van der Waals surface area contributed by atoms with E-state index in [1.165, 1.54) is 12.1 Å². The predicted octanol–water partition coefficient (Wildman–Crippen LogP) is 4.41. The van der Waals surface area contributed by atoms with Crippen molar-refractivity contribution in [3.05, 3.63) is 54.6 Å². The number of hydrogen-bond donors (Lipinski definition) is 1. The molecule has 0 bridgehead atoms. The van der Waals surface area contributed by atoms with Crippen LogP contribution in [0.5, 0.6) is 17.2 Å². The largest absolute Gasteiger partial charge is 0.573 e. The van der Waals surface area contributed by atoms with Gasteiger partial charge in [-0.05, 0) is 54.6 Å². The second kappa shape index (κ2) is 10.6. The summed E-state index contributed by atoms with van der Waals surface area (Å²) in [6.07, 6.45) is -4.77. The van der Waals surface area contributed by atoms with Gasteiger partial charge in [0.05, 0.1) is 19.9 Å². The standard InChI is InChI=1S/C24H24F3N5O4/c1-34-18-7-9-21(35-2)19(15-18)20-8-10-22(30-29-20)31-11-13-32(14-12-31)23(33)28-16-3-5-17(6-4-16)36-24(25,26)27/h3-10,15H,11-14H2,1-2H3,(H,28,33). The number of alkyl halides is 3. The van der Waals surface area contributed by atoms with Gasteiger partial charge in [0, 0.05) is 37.4 Å². The quantitative estimate of drug-likeness (QED) is 0.533. The maximum Gasteiger partial charge on any atom is 0.573 e. The summed E-state index contributed by atoms with van der Waals surface area (Å²) in [5.74, 6) is 1.66. The average Bonchev–Trinajstić information content (AvgIpc) is 2.89. The van der Waals surface area contributed by atoms with Crippen molar-refractivity contribution in [3.63, 3.8) is 0 Å². The molecule has 0 aliphatic carbocycles. The summed E-state index contributed by atoms with van der Waals surface area (Å²) in [5, 5.41) is 11.4. The predicted molar refractivity (Wildman–Crippen MR) is 127 cm³/mol. The van der Waals surface area contributed by atoms with Crippen molar-refractivity contribution in [2.24, 2.45) is 0 Å². The van der Waals surface area contributed by atoms with Gasteiger partial charge in [-0.2, -0.15) is 0 Å². The van der Waals surface area contributed by atoms with Crippen LogP contribution in [0.1, 0.15) is 0 Å². The number of rotatable bonds is 6. The molecule has 9 nitrogen and oxygen atoms in total. The lowest BCUT2D eigenvalue weighted by Gasteiger charge is -2.35. The van der Waals surface area contributed by atoms with E-state index in [0.717, 1.165) is 17.7 Å². The van der Waals surface area contributed by atoms with Crippen molar-refractivity contribution in [1.29, 1.82) is 0 Å². The van der Waals surface area contributed by atoms with Crippen molar-refractivity contribution < 1.29 is 32.2 Å². The number of carbonyl (C=O) groups is 1. The molecule has 4 rings (SSSR count). The Balaban J connectivity index is 1.33. The van der Waals surface area contributed by atoms with Crippen LogP contribution in [-0.2, 0) is 0 Å². The molecule has 36 heavy (non-hydrogen) atoms. The summed E-state index contributed by atoms with van der Waals surface area (Å²) < 4.78 is 51.4. The van der Waals surface area contributed by atoms with Crippen LogP contribution in [0.4, 0.5) is 29.5 Å². The monoisotopic (exact) mass is 503 g/mol. The number of nitrogens with one attached hydrogen (secondary N) is 1. The molecule has 1 saturated heterocycles. The highest BCUT2D eigenvalue weighted by molar-refractivity contribution is 5.89. The molecular formula is C24H24F3N5O4.